The lowest BCUT2D eigenvalue weighted by Crippen LogP contribution is -2.11. The Kier molecular flexibility index (Phi) is 5.15. The van der Waals surface area contributed by atoms with Crippen molar-refractivity contribution in [3.63, 3.8) is 0 Å². The molecule has 4 heteroatoms. The summed E-state index contributed by atoms with van der Waals surface area (Å²) in [4.78, 5) is 15.3. The zero-order valence-corrected chi connectivity index (χ0v) is 13.5. The highest BCUT2D eigenvalue weighted by molar-refractivity contribution is 7.15. The first-order chi connectivity index (χ1) is 9.97. The van der Waals surface area contributed by atoms with Gasteiger partial charge < -0.3 is 10.0 Å². The zero-order valence-electron chi connectivity index (χ0n) is 12.7. The maximum Gasteiger partial charge on any atom is 0.303 e. The molecule has 0 saturated heterocycles. The Morgan fingerprint density at radius 2 is 1.95 bits per heavy atom. The van der Waals surface area contributed by atoms with Crippen molar-refractivity contribution >= 4 is 17.3 Å². The molecule has 0 radical (unpaired) electrons. The lowest BCUT2D eigenvalue weighted by atomic mass is 10.0. The molecule has 0 aliphatic rings. The van der Waals surface area contributed by atoms with Gasteiger partial charge >= 0.3 is 5.97 Å². The predicted octanol–water partition coefficient (Wildman–Crippen LogP) is 4.05. The van der Waals surface area contributed by atoms with Crippen molar-refractivity contribution in [2.75, 3.05) is 14.1 Å². The second-order valence-electron chi connectivity index (χ2n) is 5.60. The minimum Gasteiger partial charge on any atom is -0.481 e. The van der Waals surface area contributed by atoms with Gasteiger partial charge in [0.1, 0.15) is 0 Å². The molecule has 1 aromatic carbocycles. The number of carbonyl (C=O) groups is 1. The van der Waals surface area contributed by atoms with E-state index in [1.54, 1.807) is 11.3 Å². The third-order valence-electron chi connectivity index (χ3n) is 3.36. The molecule has 2 aromatic rings. The van der Waals surface area contributed by atoms with Gasteiger partial charge in [-0.05, 0) is 37.4 Å². The van der Waals surface area contributed by atoms with Crippen molar-refractivity contribution in [1.29, 1.82) is 0 Å². The minimum atomic E-state index is -0.745. The molecular weight excluding hydrogens is 282 g/mol. The molecule has 112 valence electrons. The van der Waals surface area contributed by atoms with Crippen LogP contribution >= 0.6 is 11.3 Å². The van der Waals surface area contributed by atoms with Gasteiger partial charge in [-0.2, -0.15) is 0 Å². The number of hydrogen-bond donors (Lipinski definition) is 1. The number of carboxylic acids is 1. The SMILES string of the molecule is CC(CC(=O)O)c1ccc(-c2ccccc2CN(C)C)s1. The van der Waals surface area contributed by atoms with Crippen LogP contribution in [0.15, 0.2) is 36.4 Å². The molecule has 1 atom stereocenters. The summed E-state index contributed by atoms with van der Waals surface area (Å²) in [5.74, 6) is -0.687. The lowest BCUT2D eigenvalue weighted by Gasteiger charge is -2.13. The van der Waals surface area contributed by atoms with Crippen LogP contribution in [0, 0.1) is 0 Å². The molecule has 1 N–H and O–H groups in total. The van der Waals surface area contributed by atoms with Crippen LogP contribution in [0.25, 0.3) is 10.4 Å². The zero-order chi connectivity index (χ0) is 15.4. The van der Waals surface area contributed by atoms with Gasteiger partial charge in [-0.15, -0.1) is 11.3 Å². The van der Waals surface area contributed by atoms with Gasteiger partial charge in [-0.25, -0.2) is 0 Å². The quantitative estimate of drug-likeness (QED) is 0.875. The van der Waals surface area contributed by atoms with Crippen LogP contribution in [0.2, 0.25) is 0 Å². The summed E-state index contributed by atoms with van der Waals surface area (Å²) in [7, 11) is 4.12. The second kappa shape index (κ2) is 6.87. The number of rotatable bonds is 6. The van der Waals surface area contributed by atoms with Crippen molar-refractivity contribution in [2.45, 2.75) is 25.8 Å². The number of hydrogen-bond acceptors (Lipinski definition) is 3. The Hall–Kier alpha value is -1.65. The number of thiophene rings is 1. The Balaban J connectivity index is 2.27. The van der Waals surface area contributed by atoms with Crippen molar-refractivity contribution in [3.05, 3.63) is 46.8 Å². The summed E-state index contributed by atoms with van der Waals surface area (Å²) >= 11 is 1.70. The molecule has 3 nitrogen and oxygen atoms in total. The van der Waals surface area contributed by atoms with E-state index in [0.717, 1.165) is 11.4 Å². The molecule has 0 amide bonds. The Morgan fingerprint density at radius 1 is 1.24 bits per heavy atom. The summed E-state index contributed by atoms with van der Waals surface area (Å²) in [6, 6.07) is 12.6. The van der Waals surface area contributed by atoms with Crippen molar-refractivity contribution in [1.82, 2.24) is 4.90 Å². The van der Waals surface area contributed by atoms with Gasteiger partial charge in [0.05, 0.1) is 6.42 Å². The van der Waals surface area contributed by atoms with Gasteiger partial charge in [0, 0.05) is 22.2 Å². The van der Waals surface area contributed by atoms with Crippen LogP contribution in [-0.2, 0) is 11.3 Å². The van der Waals surface area contributed by atoms with Gasteiger partial charge in [0.15, 0.2) is 0 Å². The summed E-state index contributed by atoms with van der Waals surface area (Å²) in [5.41, 5.74) is 2.53. The number of aliphatic carboxylic acids is 1. The van der Waals surface area contributed by atoms with Gasteiger partial charge in [0.25, 0.3) is 0 Å². The first-order valence-corrected chi connectivity index (χ1v) is 7.83. The topological polar surface area (TPSA) is 40.5 Å². The van der Waals surface area contributed by atoms with Crippen LogP contribution in [-0.4, -0.2) is 30.1 Å². The normalized spacial score (nSPS) is 12.6. The molecule has 0 aliphatic carbocycles. The third kappa shape index (κ3) is 4.16. The third-order valence-corrected chi connectivity index (χ3v) is 4.71. The van der Waals surface area contributed by atoms with Gasteiger partial charge in [-0.3, -0.25) is 4.79 Å². The second-order valence-corrected chi connectivity index (χ2v) is 6.71. The van der Waals surface area contributed by atoms with E-state index < -0.39 is 5.97 Å². The predicted molar refractivity (Wildman–Crippen MR) is 87.8 cm³/mol. The Bertz CT molecular complexity index is 619. The average molecular weight is 303 g/mol. The fourth-order valence-corrected chi connectivity index (χ4v) is 3.48. The van der Waals surface area contributed by atoms with Crippen molar-refractivity contribution in [3.8, 4) is 10.4 Å². The Morgan fingerprint density at radius 3 is 2.62 bits per heavy atom. The molecular formula is C17H21NO2S. The molecule has 0 bridgehead atoms. The molecule has 2 rings (SSSR count). The van der Waals surface area contributed by atoms with Crippen LogP contribution in [0.4, 0.5) is 0 Å². The molecule has 1 unspecified atom stereocenters. The molecule has 21 heavy (non-hydrogen) atoms. The number of benzene rings is 1. The van der Waals surface area contributed by atoms with E-state index in [-0.39, 0.29) is 12.3 Å². The molecule has 1 heterocycles. The first kappa shape index (κ1) is 15.7. The molecule has 0 aliphatic heterocycles. The van der Waals surface area contributed by atoms with Crippen LogP contribution in [0.1, 0.15) is 29.7 Å². The van der Waals surface area contributed by atoms with Crippen LogP contribution in [0.3, 0.4) is 0 Å². The maximum absolute atomic E-state index is 10.8. The fraction of sp³-hybridized carbons (Fsp3) is 0.353. The largest absolute Gasteiger partial charge is 0.481 e. The van der Waals surface area contributed by atoms with E-state index in [4.69, 9.17) is 5.11 Å². The van der Waals surface area contributed by atoms with Crippen LogP contribution < -0.4 is 0 Å². The standard InChI is InChI=1S/C17H21NO2S/c1-12(10-17(19)20)15-8-9-16(21-15)14-7-5-4-6-13(14)11-18(2)3/h4-9,12H,10-11H2,1-3H3,(H,19,20). The highest BCUT2D eigenvalue weighted by Crippen LogP contribution is 2.35. The van der Waals surface area contributed by atoms with E-state index in [1.807, 2.05) is 6.92 Å². The molecule has 1 aromatic heterocycles. The number of carboxylic acid groups (broad SMARTS) is 1. The summed E-state index contributed by atoms with van der Waals surface area (Å²) < 4.78 is 0. The van der Waals surface area contributed by atoms with Crippen molar-refractivity contribution < 1.29 is 9.90 Å². The monoisotopic (exact) mass is 303 g/mol. The molecule has 0 fully saturated rings. The fourth-order valence-electron chi connectivity index (χ4n) is 2.36. The van der Waals surface area contributed by atoms with Crippen LogP contribution in [0.5, 0.6) is 0 Å². The highest BCUT2D eigenvalue weighted by atomic mass is 32.1. The minimum absolute atomic E-state index is 0.0576. The summed E-state index contributed by atoms with van der Waals surface area (Å²) in [6.45, 7) is 2.86. The highest BCUT2D eigenvalue weighted by Gasteiger charge is 2.14. The summed E-state index contributed by atoms with van der Waals surface area (Å²) in [6.07, 6.45) is 0.180. The molecule has 0 spiro atoms. The molecule has 0 saturated carbocycles. The lowest BCUT2D eigenvalue weighted by molar-refractivity contribution is -0.137. The van der Waals surface area contributed by atoms with E-state index >= 15 is 0 Å². The smallest absolute Gasteiger partial charge is 0.303 e. The number of nitrogens with zero attached hydrogens (tertiary/aromatic N) is 1. The van der Waals surface area contributed by atoms with E-state index in [2.05, 4.69) is 55.4 Å². The Labute approximate surface area is 129 Å². The van der Waals surface area contributed by atoms with E-state index in [0.29, 0.717) is 0 Å². The first-order valence-electron chi connectivity index (χ1n) is 7.02. The summed E-state index contributed by atoms with van der Waals surface area (Å²) in [5, 5.41) is 8.91. The van der Waals surface area contributed by atoms with Gasteiger partial charge in [-0.1, -0.05) is 31.2 Å². The van der Waals surface area contributed by atoms with E-state index in [1.165, 1.54) is 16.0 Å². The van der Waals surface area contributed by atoms with Crippen molar-refractivity contribution in [2.24, 2.45) is 0 Å². The van der Waals surface area contributed by atoms with E-state index in [9.17, 15) is 4.79 Å². The maximum atomic E-state index is 10.8. The van der Waals surface area contributed by atoms with Gasteiger partial charge in [0.2, 0.25) is 0 Å². The average Bonchev–Trinajstić information content (AvgIpc) is 2.87.